The van der Waals surface area contributed by atoms with E-state index in [4.69, 9.17) is 4.74 Å². The fourth-order valence-corrected chi connectivity index (χ4v) is 2.76. The Labute approximate surface area is 136 Å². The Morgan fingerprint density at radius 3 is 2.78 bits per heavy atom. The Morgan fingerprint density at radius 2 is 2.04 bits per heavy atom. The Kier molecular flexibility index (Phi) is 7.06. The summed E-state index contributed by atoms with van der Waals surface area (Å²) in [6.07, 6.45) is 8.38. The number of ether oxygens (including phenoxy) is 1. The number of amides is 2. The van der Waals surface area contributed by atoms with E-state index in [-0.39, 0.29) is 24.7 Å². The van der Waals surface area contributed by atoms with Gasteiger partial charge in [-0.1, -0.05) is 12.8 Å². The molecule has 0 aromatic carbocycles. The first-order valence-electron chi connectivity index (χ1n) is 8.23. The Morgan fingerprint density at radius 1 is 1.30 bits per heavy atom. The van der Waals surface area contributed by atoms with E-state index < -0.39 is 0 Å². The van der Waals surface area contributed by atoms with Crippen molar-refractivity contribution in [2.75, 3.05) is 13.7 Å². The molecule has 1 aromatic rings. The zero-order chi connectivity index (χ0) is 16.5. The minimum Gasteiger partial charge on any atom is -0.383 e. The van der Waals surface area contributed by atoms with E-state index in [0.29, 0.717) is 25.7 Å². The molecule has 2 N–H and O–H groups in total. The molecule has 1 aromatic heterocycles. The van der Waals surface area contributed by atoms with Crippen molar-refractivity contribution in [1.29, 1.82) is 0 Å². The molecule has 0 bridgehead atoms. The van der Waals surface area contributed by atoms with Crippen molar-refractivity contribution in [2.24, 2.45) is 0 Å². The summed E-state index contributed by atoms with van der Waals surface area (Å²) < 4.78 is 6.98. The molecule has 2 rings (SSSR count). The van der Waals surface area contributed by atoms with Crippen LogP contribution in [0.3, 0.4) is 0 Å². The van der Waals surface area contributed by atoms with Crippen LogP contribution >= 0.6 is 0 Å². The lowest BCUT2D eigenvalue weighted by Crippen LogP contribution is -2.33. The van der Waals surface area contributed by atoms with Gasteiger partial charge in [0.25, 0.3) is 0 Å². The van der Waals surface area contributed by atoms with Crippen molar-refractivity contribution in [2.45, 2.75) is 57.7 Å². The van der Waals surface area contributed by atoms with Crippen molar-refractivity contribution >= 4 is 11.8 Å². The van der Waals surface area contributed by atoms with Crippen LogP contribution in [0.25, 0.3) is 0 Å². The number of nitrogens with zero attached hydrogens (tertiary/aromatic N) is 2. The third-order valence-corrected chi connectivity index (χ3v) is 4.10. The fourth-order valence-electron chi connectivity index (χ4n) is 2.76. The van der Waals surface area contributed by atoms with Gasteiger partial charge in [-0.15, -0.1) is 0 Å². The van der Waals surface area contributed by atoms with Crippen molar-refractivity contribution in [1.82, 2.24) is 20.2 Å². The largest absolute Gasteiger partial charge is 0.383 e. The minimum absolute atomic E-state index is 0.0304. The molecule has 128 valence electrons. The van der Waals surface area contributed by atoms with E-state index in [1.807, 2.05) is 4.57 Å². The molecule has 0 spiro atoms. The zero-order valence-electron chi connectivity index (χ0n) is 13.7. The smallest absolute Gasteiger partial charge is 0.220 e. The van der Waals surface area contributed by atoms with Crippen LogP contribution in [0, 0.1) is 0 Å². The van der Waals surface area contributed by atoms with Gasteiger partial charge in [-0.05, 0) is 12.8 Å². The maximum Gasteiger partial charge on any atom is 0.220 e. The normalized spacial score (nSPS) is 14.8. The van der Waals surface area contributed by atoms with Crippen LogP contribution in [0.5, 0.6) is 0 Å². The molecular formula is C16H26N4O3. The van der Waals surface area contributed by atoms with Crippen LogP contribution in [-0.4, -0.2) is 41.1 Å². The van der Waals surface area contributed by atoms with Gasteiger partial charge < -0.3 is 19.9 Å². The molecule has 7 heteroatoms. The molecule has 7 nitrogen and oxygen atoms in total. The topological polar surface area (TPSA) is 85.2 Å². The number of methoxy groups -OCH3 is 1. The average molecular weight is 322 g/mol. The number of aromatic nitrogens is 2. The summed E-state index contributed by atoms with van der Waals surface area (Å²) in [5.41, 5.74) is 0.922. The van der Waals surface area contributed by atoms with Crippen LogP contribution in [0.15, 0.2) is 12.5 Å². The summed E-state index contributed by atoms with van der Waals surface area (Å²) in [6, 6.07) is 0.306. The SMILES string of the molecule is COCCn1cncc1CNC(=O)CCC(=O)NC1CCCC1. The van der Waals surface area contributed by atoms with E-state index in [9.17, 15) is 9.59 Å². The highest BCUT2D eigenvalue weighted by atomic mass is 16.5. The van der Waals surface area contributed by atoms with Gasteiger partial charge in [-0.2, -0.15) is 0 Å². The van der Waals surface area contributed by atoms with E-state index in [0.717, 1.165) is 18.5 Å². The molecule has 0 radical (unpaired) electrons. The van der Waals surface area contributed by atoms with Crippen molar-refractivity contribution in [3.05, 3.63) is 18.2 Å². The summed E-state index contributed by atoms with van der Waals surface area (Å²) in [5.74, 6) is -0.150. The van der Waals surface area contributed by atoms with Crippen molar-refractivity contribution in [3.63, 3.8) is 0 Å². The molecule has 1 fully saturated rings. The van der Waals surface area contributed by atoms with Crippen LogP contribution in [0.4, 0.5) is 0 Å². The maximum absolute atomic E-state index is 11.9. The molecule has 1 saturated carbocycles. The fraction of sp³-hybridized carbons (Fsp3) is 0.688. The molecule has 0 aliphatic heterocycles. The Hall–Kier alpha value is -1.89. The predicted octanol–water partition coefficient (Wildman–Crippen LogP) is 0.985. The molecule has 0 atom stereocenters. The monoisotopic (exact) mass is 322 g/mol. The predicted molar refractivity (Wildman–Crippen MR) is 85.6 cm³/mol. The lowest BCUT2D eigenvalue weighted by Gasteiger charge is -2.12. The summed E-state index contributed by atoms with van der Waals surface area (Å²) in [7, 11) is 1.65. The van der Waals surface area contributed by atoms with Gasteiger partial charge in [0.05, 0.1) is 25.2 Å². The number of carbonyl (C=O) groups is 2. The highest BCUT2D eigenvalue weighted by Crippen LogP contribution is 2.17. The molecular weight excluding hydrogens is 296 g/mol. The number of rotatable bonds is 9. The van der Waals surface area contributed by atoms with Crippen LogP contribution in [0.1, 0.15) is 44.2 Å². The second kappa shape index (κ2) is 9.29. The number of hydrogen-bond donors (Lipinski definition) is 2. The van der Waals surface area contributed by atoms with Gasteiger partial charge in [0.2, 0.25) is 11.8 Å². The molecule has 1 aliphatic carbocycles. The zero-order valence-corrected chi connectivity index (χ0v) is 13.7. The first-order chi connectivity index (χ1) is 11.2. The van der Waals surface area contributed by atoms with E-state index in [1.165, 1.54) is 12.8 Å². The lowest BCUT2D eigenvalue weighted by molar-refractivity contribution is -0.126. The van der Waals surface area contributed by atoms with E-state index in [1.54, 1.807) is 19.6 Å². The van der Waals surface area contributed by atoms with E-state index >= 15 is 0 Å². The summed E-state index contributed by atoms with van der Waals surface area (Å²) in [5, 5.41) is 5.82. The second-order valence-electron chi connectivity index (χ2n) is 5.90. The van der Waals surface area contributed by atoms with Crippen LogP contribution < -0.4 is 10.6 Å². The number of imidazole rings is 1. The molecule has 23 heavy (non-hydrogen) atoms. The molecule has 1 aliphatic rings. The van der Waals surface area contributed by atoms with Crippen LogP contribution in [-0.2, 0) is 27.4 Å². The van der Waals surface area contributed by atoms with Gasteiger partial charge in [-0.3, -0.25) is 9.59 Å². The maximum atomic E-state index is 11.9. The Balaban J connectivity index is 1.64. The van der Waals surface area contributed by atoms with Gasteiger partial charge >= 0.3 is 0 Å². The molecule has 1 heterocycles. The highest BCUT2D eigenvalue weighted by molar-refractivity contribution is 5.83. The van der Waals surface area contributed by atoms with Gasteiger partial charge in [0.1, 0.15) is 0 Å². The summed E-state index contributed by atoms with van der Waals surface area (Å²) in [4.78, 5) is 27.7. The van der Waals surface area contributed by atoms with Gasteiger partial charge in [0, 0.05) is 38.7 Å². The van der Waals surface area contributed by atoms with Crippen molar-refractivity contribution in [3.8, 4) is 0 Å². The van der Waals surface area contributed by atoms with Gasteiger partial charge in [-0.25, -0.2) is 4.98 Å². The number of hydrogen-bond acceptors (Lipinski definition) is 4. The standard InChI is InChI=1S/C16H26N4O3/c1-23-9-8-20-12-17-10-14(20)11-18-15(21)6-7-16(22)19-13-4-2-3-5-13/h10,12-13H,2-9,11H2,1H3,(H,18,21)(H,19,22). The number of carbonyl (C=O) groups excluding carboxylic acids is 2. The quantitative estimate of drug-likeness (QED) is 0.710. The summed E-state index contributed by atoms with van der Waals surface area (Å²) >= 11 is 0. The first kappa shape index (κ1) is 17.5. The molecule has 2 amide bonds. The summed E-state index contributed by atoms with van der Waals surface area (Å²) in [6.45, 7) is 1.71. The molecule has 0 saturated heterocycles. The second-order valence-corrected chi connectivity index (χ2v) is 5.90. The van der Waals surface area contributed by atoms with Gasteiger partial charge in [0.15, 0.2) is 0 Å². The molecule has 0 unspecified atom stereocenters. The third-order valence-electron chi connectivity index (χ3n) is 4.10. The number of nitrogens with one attached hydrogen (secondary N) is 2. The Bertz CT molecular complexity index is 509. The first-order valence-corrected chi connectivity index (χ1v) is 8.23. The minimum atomic E-state index is -0.119. The van der Waals surface area contributed by atoms with E-state index in [2.05, 4.69) is 15.6 Å². The van der Waals surface area contributed by atoms with Crippen LogP contribution in [0.2, 0.25) is 0 Å². The average Bonchev–Trinajstić information content (AvgIpc) is 3.20. The van der Waals surface area contributed by atoms with Crippen molar-refractivity contribution < 1.29 is 14.3 Å². The highest BCUT2D eigenvalue weighted by Gasteiger charge is 2.17. The third kappa shape index (κ3) is 6.02. The lowest BCUT2D eigenvalue weighted by atomic mass is 10.2.